The first-order valence-corrected chi connectivity index (χ1v) is 5.02. The summed E-state index contributed by atoms with van der Waals surface area (Å²) in [5, 5.41) is 8.73. The fraction of sp³-hybridized carbons (Fsp3) is 0.800. The maximum absolute atomic E-state index is 11.2. The minimum atomic E-state index is -1.09. The van der Waals surface area contributed by atoms with Crippen molar-refractivity contribution in [1.82, 2.24) is 0 Å². The van der Waals surface area contributed by atoms with Crippen molar-refractivity contribution in [3.63, 3.8) is 0 Å². The summed E-state index contributed by atoms with van der Waals surface area (Å²) in [5.74, 6) is -2.68. The molecule has 0 saturated carbocycles. The van der Waals surface area contributed by atoms with Gasteiger partial charge < -0.3 is 9.84 Å². The number of carbonyl (C=O) groups excluding carboxylic acids is 1. The fourth-order valence-electron chi connectivity index (χ4n) is 1.05. The van der Waals surface area contributed by atoms with E-state index >= 15 is 0 Å². The van der Waals surface area contributed by atoms with E-state index in [0.717, 1.165) is 12.8 Å². The third-order valence-electron chi connectivity index (χ3n) is 1.90. The van der Waals surface area contributed by atoms with Crippen molar-refractivity contribution in [2.45, 2.75) is 39.5 Å². The average Bonchev–Trinajstić information content (AvgIpc) is 2.13. The van der Waals surface area contributed by atoms with Crippen LogP contribution in [0.2, 0.25) is 0 Å². The summed E-state index contributed by atoms with van der Waals surface area (Å²) >= 11 is 0. The summed E-state index contributed by atoms with van der Waals surface area (Å²) < 4.78 is 4.84. The number of ether oxygens (including phenoxy) is 1. The van der Waals surface area contributed by atoms with Crippen LogP contribution in [0.3, 0.4) is 0 Å². The Morgan fingerprint density at radius 2 is 1.93 bits per heavy atom. The summed E-state index contributed by atoms with van der Waals surface area (Å²) in [6.45, 7) is 4.15. The van der Waals surface area contributed by atoms with Crippen LogP contribution in [0.4, 0.5) is 0 Å². The number of carboxylic acids is 1. The van der Waals surface area contributed by atoms with E-state index in [1.165, 1.54) is 0 Å². The first kappa shape index (κ1) is 12.9. The second-order valence-corrected chi connectivity index (χ2v) is 3.20. The number of esters is 1. The van der Waals surface area contributed by atoms with Crippen LogP contribution in [-0.2, 0) is 14.3 Å². The van der Waals surface area contributed by atoms with E-state index < -0.39 is 17.9 Å². The van der Waals surface area contributed by atoms with Crippen LogP contribution in [0.15, 0.2) is 0 Å². The Hall–Kier alpha value is -1.06. The van der Waals surface area contributed by atoms with Gasteiger partial charge >= 0.3 is 11.9 Å². The molecule has 0 aliphatic heterocycles. The van der Waals surface area contributed by atoms with Gasteiger partial charge in [0, 0.05) is 0 Å². The largest absolute Gasteiger partial charge is 0.481 e. The molecule has 0 rings (SSSR count). The van der Waals surface area contributed by atoms with Gasteiger partial charge in [-0.15, -0.1) is 0 Å². The second-order valence-electron chi connectivity index (χ2n) is 3.20. The van der Waals surface area contributed by atoms with Gasteiger partial charge in [-0.1, -0.05) is 26.7 Å². The number of unbranched alkanes of at least 4 members (excludes halogenated alkanes) is 1. The zero-order valence-corrected chi connectivity index (χ0v) is 8.78. The minimum absolute atomic E-state index is 0.322. The lowest BCUT2D eigenvalue weighted by atomic mass is 10.0. The van der Waals surface area contributed by atoms with Gasteiger partial charge in [0.05, 0.1) is 6.61 Å². The molecule has 0 aliphatic carbocycles. The molecule has 1 unspecified atom stereocenters. The highest BCUT2D eigenvalue weighted by Gasteiger charge is 2.26. The van der Waals surface area contributed by atoms with Crippen molar-refractivity contribution in [3.8, 4) is 0 Å². The van der Waals surface area contributed by atoms with Gasteiger partial charge in [0.2, 0.25) is 0 Å². The van der Waals surface area contributed by atoms with Crippen LogP contribution in [-0.4, -0.2) is 23.7 Å². The predicted molar refractivity (Wildman–Crippen MR) is 51.9 cm³/mol. The fourth-order valence-corrected chi connectivity index (χ4v) is 1.05. The highest BCUT2D eigenvalue weighted by atomic mass is 16.5. The highest BCUT2D eigenvalue weighted by molar-refractivity contribution is 5.93. The van der Waals surface area contributed by atoms with Crippen LogP contribution in [0.1, 0.15) is 39.5 Å². The lowest BCUT2D eigenvalue weighted by molar-refractivity contribution is -0.159. The standard InChI is InChI=1S/C10H18O4/c1-3-5-7-14-10(13)8(6-4-2)9(11)12/h8H,3-7H2,1-2H3,(H,11,12). The Morgan fingerprint density at radius 3 is 2.36 bits per heavy atom. The zero-order chi connectivity index (χ0) is 11.0. The molecule has 0 aromatic heterocycles. The van der Waals surface area contributed by atoms with Crippen LogP contribution in [0.25, 0.3) is 0 Å². The van der Waals surface area contributed by atoms with Gasteiger partial charge in [-0.25, -0.2) is 0 Å². The molecular formula is C10H18O4. The molecular weight excluding hydrogens is 184 g/mol. The van der Waals surface area contributed by atoms with E-state index in [0.29, 0.717) is 19.4 Å². The molecule has 4 heteroatoms. The van der Waals surface area contributed by atoms with Gasteiger partial charge in [0.15, 0.2) is 5.92 Å². The molecule has 0 amide bonds. The van der Waals surface area contributed by atoms with Crippen molar-refractivity contribution < 1.29 is 19.4 Å². The van der Waals surface area contributed by atoms with Gasteiger partial charge in [-0.2, -0.15) is 0 Å². The van der Waals surface area contributed by atoms with Gasteiger partial charge in [-0.05, 0) is 12.8 Å². The number of hydrogen-bond donors (Lipinski definition) is 1. The van der Waals surface area contributed by atoms with Crippen LogP contribution in [0, 0.1) is 5.92 Å². The molecule has 0 heterocycles. The first-order chi connectivity index (χ1) is 6.63. The molecule has 0 aromatic rings. The van der Waals surface area contributed by atoms with E-state index in [1.54, 1.807) is 0 Å². The van der Waals surface area contributed by atoms with Gasteiger partial charge in [-0.3, -0.25) is 9.59 Å². The highest BCUT2D eigenvalue weighted by Crippen LogP contribution is 2.09. The van der Waals surface area contributed by atoms with Crippen molar-refractivity contribution in [3.05, 3.63) is 0 Å². The predicted octanol–water partition coefficient (Wildman–Crippen LogP) is 1.83. The van der Waals surface area contributed by atoms with E-state index in [-0.39, 0.29) is 0 Å². The van der Waals surface area contributed by atoms with E-state index in [9.17, 15) is 9.59 Å². The Bertz CT molecular complexity index is 189. The number of rotatable bonds is 7. The Kier molecular flexibility index (Phi) is 6.80. The minimum Gasteiger partial charge on any atom is -0.481 e. The number of carboxylic acid groups (broad SMARTS) is 1. The third-order valence-corrected chi connectivity index (χ3v) is 1.90. The monoisotopic (exact) mass is 202 g/mol. The number of hydrogen-bond acceptors (Lipinski definition) is 3. The molecule has 82 valence electrons. The molecule has 0 aromatic carbocycles. The zero-order valence-electron chi connectivity index (χ0n) is 8.78. The summed E-state index contributed by atoms with van der Waals surface area (Å²) in [6, 6.07) is 0. The quantitative estimate of drug-likeness (QED) is 0.388. The van der Waals surface area contributed by atoms with Crippen LogP contribution < -0.4 is 0 Å². The summed E-state index contributed by atoms with van der Waals surface area (Å²) in [5.41, 5.74) is 0. The van der Waals surface area contributed by atoms with E-state index in [2.05, 4.69) is 0 Å². The Morgan fingerprint density at radius 1 is 1.29 bits per heavy atom. The molecule has 0 radical (unpaired) electrons. The lowest BCUT2D eigenvalue weighted by Gasteiger charge is -2.10. The smallest absolute Gasteiger partial charge is 0.320 e. The molecule has 1 N–H and O–H groups in total. The van der Waals surface area contributed by atoms with Crippen LogP contribution >= 0.6 is 0 Å². The molecule has 4 nitrogen and oxygen atoms in total. The second kappa shape index (κ2) is 7.35. The molecule has 1 atom stereocenters. The van der Waals surface area contributed by atoms with Gasteiger partial charge in [0.1, 0.15) is 0 Å². The molecule has 0 spiro atoms. The van der Waals surface area contributed by atoms with E-state index in [4.69, 9.17) is 9.84 Å². The summed E-state index contributed by atoms with van der Waals surface area (Å²) in [6.07, 6.45) is 2.73. The normalized spacial score (nSPS) is 12.1. The average molecular weight is 202 g/mol. The third kappa shape index (κ3) is 4.84. The lowest BCUT2D eigenvalue weighted by Crippen LogP contribution is -2.26. The van der Waals surface area contributed by atoms with Crippen molar-refractivity contribution in [2.75, 3.05) is 6.61 Å². The van der Waals surface area contributed by atoms with Crippen molar-refractivity contribution >= 4 is 11.9 Å². The molecule has 0 bridgehead atoms. The maximum Gasteiger partial charge on any atom is 0.320 e. The SMILES string of the molecule is CCCCOC(=O)C(CCC)C(=O)O. The maximum atomic E-state index is 11.2. The Labute approximate surface area is 84.3 Å². The van der Waals surface area contributed by atoms with Crippen molar-refractivity contribution in [2.24, 2.45) is 5.92 Å². The van der Waals surface area contributed by atoms with Crippen molar-refractivity contribution in [1.29, 1.82) is 0 Å². The van der Waals surface area contributed by atoms with Gasteiger partial charge in [0.25, 0.3) is 0 Å². The number of aliphatic carboxylic acids is 1. The Balaban J connectivity index is 3.96. The van der Waals surface area contributed by atoms with Crippen LogP contribution in [0.5, 0.6) is 0 Å². The van der Waals surface area contributed by atoms with E-state index in [1.807, 2.05) is 13.8 Å². The first-order valence-electron chi connectivity index (χ1n) is 5.02. The molecule has 0 saturated heterocycles. The molecule has 0 fully saturated rings. The topological polar surface area (TPSA) is 63.6 Å². The summed E-state index contributed by atoms with van der Waals surface area (Å²) in [4.78, 5) is 21.9. The summed E-state index contributed by atoms with van der Waals surface area (Å²) in [7, 11) is 0. The molecule has 14 heavy (non-hydrogen) atoms. The number of carbonyl (C=O) groups is 2. The molecule has 0 aliphatic rings.